The predicted molar refractivity (Wildman–Crippen MR) is 95.7 cm³/mol. The van der Waals surface area contributed by atoms with Gasteiger partial charge in [-0.15, -0.1) is 0 Å². The summed E-state index contributed by atoms with van der Waals surface area (Å²) in [5.41, 5.74) is 1.56. The number of anilines is 1. The minimum absolute atomic E-state index is 0.213. The largest absolute Gasteiger partial charge is 0.444 e. The minimum Gasteiger partial charge on any atom is -0.444 e. The Kier molecular flexibility index (Phi) is 5.23. The number of benzene rings is 2. The zero-order chi connectivity index (χ0) is 16.9. The van der Waals surface area contributed by atoms with Crippen LogP contribution in [0.4, 0.5) is 10.5 Å². The Morgan fingerprint density at radius 3 is 2.75 bits per heavy atom. The Morgan fingerprint density at radius 1 is 1.21 bits per heavy atom. The first-order valence-corrected chi connectivity index (χ1v) is 8.14. The number of amides is 1. The van der Waals surface area contributed by atoms with Gasteiger partial charge in [-0.05, 0) is 23.8 Å². The lowest BCUT2D eigenvalue weighted by atomic mass is 10.2. The number of halogens is 2. The van der Waals surface area contributed by atoms with Gasteiger partial charge in [0.1, 0.15) is 6.61 Å². The molecule has 1 heterocycles. The number of aliphatic imine (C=N–C) groups is 1. The van der Waals surface area contributed by atoms with Gasteiger partial charge in [0.05, 0.1) is 23.8 Å². The number of ether oxygens (including phenoxy) is 1. The zero-order valence-electron chi connectivity index (χ0n) is 12.7. The number of carbonyl (C=O) groups excluding carboxylic acids is 1. The summed E-state index contributed by atoms with van der Waals surface area (Å²) in [6, 6.07) is 14.6. The molecule has 0 aromatic heterocycles. The maximum absolute atomic E-state index is 12.3. The molecule has 1 amide bonds. The quantitative estimate of drug-likeness (QED) is 0.878. The van der Waals surface area contributed by atoms with Crippen LogP contribution in [0.2, 0.25) is 10.0 Å². The lowest BCUT2D eigenvalue weighted by molar-refractivity contribution is 0.118. The molecule has 5 nitrogen and oxygen atoms in total. The average molecular weight is 364 g/mol. The van der Waals surface area contributed by atoms with E-state index in [2.05, 4.69) is 10.3 Å². The molecule has 1 N–H and O–H groups in total. The Balaban J connectivity index is 1.63. The fraction of sp³-hybridized carbons (Fsp3) is 0.176. The van der Waals surface area contributed by atoms with Crippen molar-refractivity contribution < 1.29 is 9.53 Å². The van der Waals surface area contributed by atoms with Gasteiger partial charge in [0.25, 0.3) is 0 Å². The minimum atomic E-state index is -0.451. The third kappa shape index (κ3) is 3.99. The SMILES string of the molecule is O=C(OCc1ccccc1)N1CCN=C1Nc1ccc(Cl)cc1Cl. The molecule has 2 aromatic rings. The molecule has 0 atom stereocenters. The molecule has 0 radical (unpaired) electrons. The van der Waals surface area contributed by atoms with Crippen LogP contribution in [0.15, 0.2) is 53.5 Å². The van der Waals surface area contributed by atoms with Crippen LogP contribution < -0.4 is 5.32 Å². The highest BCUT2D eigenvalue weighted by Gasteiger charge is 2.25. The van der Waals surface area contributed by atoms with Gasteiger partial charge in [-0.25, -0.2) is 9.69 Å². The smallest absolute Gasteiger partial charge is 0.417 e. The van der Waals surface area contributed by atoms with E-state index in [9.17, 15) is 4.79 Å². The molecule has 1 aliphatic rings. The number of guanidine groups is 1. The Hall–Kier alpha value is -2.24. The summed E-state index contributed by atoms with van der Waals surface area (Å²) < 4.78 is 5.34. The van der Waals surface area contributed by atoms with Gasteiger partial charge in [0, 0.05) is 5.02 Å². The molecule has 7 heteroatoms. The van der Waals surface area contributed by atoms with Crippen molar-refractivity contribution in [2.75, 3.05) is 18.4 Å². The number of nitrogens with one attached hydrogen (secondary N) is 1. The molecular formula is C17H15Cl2N3O2. The van der Waals surface area contributed by atoms with Crippen molar-refractivity contribution in [2.45, 2.75) is 6.61 Å². The van der Waals surface area contributed by atoms with Gasteiger partial charge in [0.15, 0.2) is 0 Å². The Morgan fingerprint density at radius 2 is 2.00 bits per heavy atom. The first-order chi connectivity index (χ1) is 11.6. The second kappa shape index (κ2) is 7.55. The fourth-order valence-electron chi connectivity index (χ4n) is 2.24. The summed E-state index contributed by atoms with van der Waals surface area (Å²) >= 11 is 12.0. The van der Waals surface area contributed by atoms with Gasteiger partial charge in [0.2, 0.25) is 5.96 Å². The van der Waals surface area contributed by atoms with Crippen molar-refractivity contribution in [2.24, 2.45) is 4.99 Å². The highest BCUT2D eigenvalue weighted by molar-refractivity contribution is 6.36. The van der Waals surface area contributed by atoms with E-state index in [1.54, 1.807) is 18.2 Å². The average Bonchev–Trinajstić information content (AvgIpc) is 3.04. The molecule has 124 valence electrons. The van der Waals surface area contributed by atoms with Crippen LogP contribution in [0.25, 0.3) is 0 Å². The Labute approximate surface area is 149 Å². The standard InChI is InChI=1S/C17H15Cl2N3O2/c18-13-6-7-15(14(19)10-13)21-16-20-8-9-22(16)17(23)24-11-12-4-2-1-3-5-12/h1-7,10H,8-9,11H2,(H,20,21). The van der Waals surface area contributed by atoms with E-state index >= 15 is 0 Å². The molecule has 0 aliphatic carbocycles. The first kappa shape index (κ1) is 16.6. The van der Waals surface area contributed by atoms with Crippen LogP contribution in [0.5, 0.6) is 0 Å². The summed E-state index contributed by atoms with van der Waals surface area (Å²) in [4.78, 5) is 18.0. The highest BCUT2D eigenvalue weighted by atomic mass is 35.5. The molecule has 0 saturated carbocycles. The third-order valence-corrected chi connectivity index (χ3v) is 3.99. The predicted octanol–water partition coefficient (Wildman–Crippen LogP) is 4.41. The van der Waals surface area contributed by atoms with E-state index in [0.717, 1.165) is 5.56 Å². The van der Waals surface area contributed by atoms with E-state index < -0.39 is 6.09 Å². The molecule has 2 aromatic carbocycles. The first-order valence-electron chi connectivity index (χ1n) is 7.38. The number of rotatable bonds is 3. The molecule has 0 saturated heterocycles. The molecule has 0 unspecified atom stereocenters. The zero-order valence-corrected chi connectivity index (χ0v) is 14.2. The van der Waals surface area contributed by atoms with Gasteiger partial charge in [-0.1, -0.05) is 53.5 Å². The van der Waals surface area contributed by atoms with Crippen molar-refractivity contribution in [1.82, 2.24) is 4.90 Å². The highest BCUT2D eigenvalue weighted by Crippen LogP contribution is 2.26. The fourth-order valence-corrected chi connectivity index (χ4v) is 2.70. The maximum atomic E-state index is 12.3. The van der Waals surface area contributed by atoms with Crippen molar-refractivity contribution >= 4 is 40.9 Å². The van der Waals surface area contributed by atoms with E-state index in [-0.39, 0.29) is 6.61 Å². The van der Waals surface area contributed by atoms with Crippen molar-refractivity contribution in [3.05, 3.63) is 64.1 Å². The van der Waals surface area contributed by atoms with E-state index in [1.807, 2.05) is 30.3 Å². The summed E-state index contributed by atoms with van der Waals surface area (Å²) in [5, 5.41) is 4.04. The van der Waals surface area contributed by atoms with Crippen LogP contribution in [0.3, 0.4) is 0 Å². The summed E-state index contributed by atoms with van der Waals surface area (Å²) in [5.74, 6) is 0.414. The monoisotopic (exact) mass is 363 g/mol. The molecule has 24 heavy (non-hydrogen) atoms. The van der Waals surface area contributed by atoms with E-state index in [4.69, 9.17) is 27.9 Å². The van der Waals surface area contributed by atoms with Crippen molar-refractivity contribution in [3.8, 4) is 0 Å². The van der Waals surface area contributed by atoms with E-state index in [0.29, 0.717) is 34.8 Å². The molecule has 0 spiro atoms. The van der Waals surface area contributed by atoms with Gasteiger partial charge < -0.3 is 10.1 Å². The van der Waals surface area contributed by atoms with Crippen LogP contribution in [-0.2, 0) is 11.3 Å². The van der Waals surface area contributed by atoms with Crippen molar-refractivity contribution in [3.63, 3.8) is 0 Å². The third-order valence-electron chi connectivity index (χ3n) is 3.44. The topological polar surface area (TPSA) is 53.9 Å². The van der Waals surface area contributed by atoms with Gasteiger partial charge in [-0.3, -0.25) is 4.99 Å². The normalized spacial score (nSPS) is 13.6. The van der Waals surface area contributed by atoms with Crippen LogP contribution in [0, 0.1) is 0 Å². The molecule has 0 fully saturated rings. The van der Waals surface area contributed by atoms with Gasteiger partial charge in [-0.2, -0.15) is 0 Å². The summed E-state index contributed by atoms with van der Waals surface area (Å²) in [6.07, 6.45) is -0.451. The lowest BCUT2D eigenvalue weighted by Gasteiger charge is -2.19. The lowest BCUT2D eigenvalue weighted by Crippen LogP contribution is -2.38. The van der Waals surface area contributed by atoms with Crippen molar-refractivity contribution in [1.29, 1.82) is 0 Å². The maximum Gasteiger partial charge on any atom is 0.417 e. The molecule has 3 rings (SSSR count). The molecule has 1 aliphatic heterocycles. The van der Waals surface area contributed by atoms with Crippen LogP contribution >= 0.6 is 23.2 Å². The summed E-state index contributed by atoms with van der Waals surface area (Å²) in [7, 11) is 0. The Bertz CT molecular complexity index is 766. The molecular weight excluding hydrogens is 349 g/mol. The second-order valence-corrected chi connectivity index (χ2v) is 5.99. The number of carbonyl (C=O) groups is 1. The van der Waals surface area contributed by atoms with Gasteiger partial charge >= 0.3 is 6.09 Å². The summed E-state index contributed by atoms with van der Waals surface area (Å²) in [6.45, 7) is 1.18. The number of nitrogens with zero attached hydrogens (tertiary/aromatic N) is 2. The van der Waals surface area contributed by atoms with Crippen LogP contribution in [-0.4, -0.2) is 30.0 Å². The second-order valence-electron chi connectivity index (χ2n) is 5.15. The van der Waals surface area contributed by atoms with Crippen LogP contribution in [0.1, 0.15) is 5.56 Å². The molecule has 0 bridgehead atoms. The van der Waals surface area contributed by atoms with E-state index in [1.165, 1.54) is 4.90 Å². The number of hydrogen-bond acceptors (Lipinski definition) is 4. The number of hydrogen-bond donors (Lipinski definition) is 1.